The maximum absolute atomic E-state index is 12.1. The second-order valence-electron chi connectivity index (χ2n) is 6.85. The van der Waals surface area contributed by atoms with Crippen molar-refractivity contribution in [2.75, 3.05) is 19.8 Å². The summed E-state index contributed by atoms with van der Waals surface area (Å²) in [7, 11) is -2.01. The lowest BCUT2D eigenvalue weighted by molar-refractivity contribution is -0.121. The summed E-state index contributed by atoms with van der Waals surface area (Å²) in [5.41, 5.74) is 4.18. The number of carbonyl (C=O) groups excluding carboxylic acids is 1. The second kappa shape index (κ2) is 9.02. The van der Waals surface area contributed by atoms with Crippen molar-refractivity contribution < 1.29 is 13.2 Å². The Kier molecular flexibility index (Phi) is 6.46. The van der Waals surface area contributed by atoms with E-state index in [2.05, 4.69) is 34.7 Å². The molecule has 1 amide bonds. The van der Waals surface area contributed by atoms with Crippen LogP contribution < -0.4 is 5.32 Å². The predicted octanol–water partition coefficient (Wildman–Crippen LogP) is 2.11. The maximum atomic E-state index is 12.1. The molecule has 152 valence electrons. The van der Waals surface area contributed by atoms with Gasteiger partial charge in [0.1, 0.15) is 0 Å². The Morgan fingerprint density at radius 2 is 1.83 bits per heavy atom. The minimum Gasteiger partial charge on any atom is -0.351 e. The summed E-state index contributed by atoms with van der Waals surface area (Å²) in [5, 5.41) is 7.01. The fourth-order valence-corrected chi connectivity index (χ4v) is 3.25. The van der Waals surface area contributed by atoms with Crippen LogP contribution in [0.5, 0.6) is 0 Å². The fourth-order valence-electron chi connectivity index (χ4n) is 2.90. The van der Waals surface area contributed by atoms with Gasteiger partial charge in [-0.15, -0.1) is 0 Å². The monoisotopic (exact) mass is 412 g/mol. The number of hydrogen-bond acceptors (Lipinski definition) is 4. The molecule has 29 heavy (non-hydrogen) atoms. The SMILES string of the molecule is CN(CC(=O)NCc1ccccc1-c1ccc(Cn2cccn2)cc1)S(C)(=O)=O. The molecule has 7 nitrogen and oxygen atoms in total. The number of carbonyl (C=O) groups is 1. The van der Waals surface area contributed by atoms with Crippen molar-refractivity contribution in [2.45, 2.75) is 13.1 Å². The van der Waals surface area contributed by atoms with Crippen molar-refractivity contribution in [1.29, 1.82) is 0 Å². The first kappa shape index (κ1) is 20.8. The number of rotatable bonds is 8. The molecular formula is C21H24N4O3S. The zero-order chi connectivity index (χ0) is 20.9. The topological polar surface area (TPSA) is 84.3 Å². The number of benzene rings is 2. The molecule has 0 radical (unpaired) electrons. The second-order valence-corrected chi connectivity index (χ2v) is 8.94. The molecule has 0 aliphatic rings. The van der Waals surface area contributed by atoms with Gasteiger partial charge in [0.05, 0.1) is 19.3 Å². The highest BCUT2D eigenvalue weighted by atomic mass is 32.2. The summed E-state index contributed by atoms with van der Waals surface area (Å²) in [6.45, 7) is 0.823. The van der Waals surface area contributed by atoms with E-state index < -0.39 is 10.0 Å². The molecule has 3 rings (SSSR count). The van der Waals surface area contributed by atoms with Crippen LogP contribution in [-0.2, 0) is 27.9 Å². The number of hydrogen-bond donors (Lipinski definition) is 1. The summed E-state index contributed by atoms with van der Waals surface area (Å²) < 4.78 is 25.8. The molecule has 0 saturated heterocycles. The third-order valence-corrected chi connectivity index (χ3v) is 5.86. The summed E-state index contributed by atoms with van der Waals surface area (Å²) >= 11 is 0. The van der Waals surface area contributed by atoms with E-state index in [9.17, 15) is 13.2 Å². The van der Waals surface area contributed by atoms with E-state index in [1.807, 2.05) is 41.2 Å². The summed E-state index contributed by atoms with van der Waals surface area (Å²) in [5.74, 6) is -0.345. The Bertz CT molecular complexity index is 1060. The van der Waals surface area contributed by atoms with E-state index in [-0.39, 0.29) is 12.5 Å². The number of sulfonamides is 1. The highest BCUT2D eigenvalue weighted by molar-refractivity contribution is 7.88. The normalized spacial score (nSPS) is 11.6. The molecule has 3 aromatic rings. The Labute approximate surface area is 171 Å². The molecule has 1 heterocycles. The van der Waals surface area contributed by atoms with Gasteiger partial charge in [-0.25, -0.2) is 8.42 Å². The Balaban J connectivity index is 1.68. The third kappa shape index (κ3) is 5.75. The number of nitrogens with zero attached hydrogens (tertiary/aromatic N) is 3. The molecule has 0 saturated carbocycles. The van der Waals surface area contributed by atoms with Gasteiger partial charge in [-0.3, -0.25) is 9.48 Å². The van der Waals surface area contributed by atoms with Gasteiger partial charge in [-0.2, -0.15) is 9.40 Å². The first-order chi connectivity index (χ1) is 13.8. The van der Waals surface area contributed by atoms with Crippen molar-refractivity contribution in [3.05, 3.63) is 78.1 Å². The van der Waals surface area contributed by atoms with Crippen molar-refractivity contribution in [3.8, 4) is 11.1 Å². The average Bonchev–Trinajstić information content (AvgIpc) is 3.19. The highest BCUT2D eigenvalue weighted by Crippen LogP contribution is 2.24. The minimum absolute atomic E-state index is 0.205. The quantitative estimate of drug-likeness (QED) is 0.614. The molecule has 0 atom stereocenters. The van der Waals surface area contributed by atoms with Gasteiger partial charge >= 0.3 is 0 Å². The van der Waals surface area contributed by atoms with Crippen LogP contribution in [0.1, 0.15) is 11.1 Å². The molecular weight excluding hydrogens is 388 g/mol. The van der Waals surface area contributed by atoms with E-state index in [0.29, 0.717) is 13.1 Å². The molecule has 2 aromatic carbocycles. The number of amides is 1. The van der Waals surface area contributed by atoms with Crippen LogP contribution in [-0.4, -0.2) is 48.3 Å². The molecule has 1 N–H and O–H groups in total. The third-order valence-electron chi connectivity index (χ3n) is 4.59. The van der Waals surface area contributed by atoms with Crippen molar-refractivity contribution in [2.24, 2.45) is 0 Å². The lowest BCUT2D eigenvalue weighted by atomic mass is 9.98. The predicted molar refractivity (Wildman–Crippen MR) is 113 cm³/mol. The van der Waals surface area contributed by atoms with Crippen molar-refractivity contribution in [3.63, 3.8) is 0 Å². The van der Waals surface area contributed by atoms with E-state index in [4.69, 9.17) is 0 Å². The number of nitrogens with one attached hydrogen (secondary N) is 1. The Hall–Kier alpha value is -2.97. The average molecular weight is 413 g/mol. The van der Waals surface area contributed by atoms with Gasteiger partial charge in [0.25, 0.3) is 0 Å². The summed E-state index contributed by atoms with van der Waals surface area (Å²) in [6, 6.07) is 18.0. The van der Waals surface area contributed by atoms with Crippen LogP contribution >= 0.6 is 0 Å². The Morgan fingerprint density at radius 1 is 1.10 bits per heavy atom. The van der Waals surface area contributed by atoms with Gasteiger partial charge in [0.15, 0.2) is 0 Å². The molecule has 8 heteroatoms. The van der Waals surface area contributed by atoms with Crippen molar-refractivity contribution >= 4 is 15.9 Å². The lowest BCUT2D eigenvalue weighted by Gasteiger charge is -2.15. The summed E-state index contributed by atoms with van der Waals surface area (Å²) in [6.07, 6.45) is 4.76. The summed E-state index contributed by atoms with van der Waals surface area (Å²) in [4.78, 5) is 12.1. The molecule has 0 bridgehead atoms. The first-order valence-corrected chi connectivity index (χ1v) is 11.0. The van der Waals surface area contributed by atoms with E-state index in [1.54, 1.807) is 6.20 Å². The fraction of sp³-hybridized carbons (Fsp3) is 0.238. The van der Waals surface area contributed by atoms with Crippen LogP contribution in [0, 0.1) is 0 Å². The number of aromatic nitrogens is 2. The maximum Gasteiger partial charge on any atom is 0.235 e. The molecule has 1 aromatic heterocycles. The van der Waals surface area contributed by atoms with E-state index in [1.165, 1.54) is 7.05 Å². The van der Waals surface area contributed by atoms with Gasteiger partial charge in [0.2, 0.25) is 15.9 Å². The largest absolute Gasteiger partial charge is 0.351 e. The van der Waals surface area contributed by atoms with E-state index >= 15 is 0 Å². The van der Waals surface area contributed by atoms with Crippen LogP contribution in [0.25, 0.3) is 11.1 Å². The molecule has 0 fully saturated rings. The van der Waals surface area contributed by atoms with Gasteiger partial charge in [0, 0.05) is 26.0 Å². The van der Waals surface area contributed by atoms with Gasteiger partial charge in [-0.05, 0) is 28.3 Å². The minimum atomic E-state index is -3.39. The standard InChI is InChI=1S/C21H24N4O3S/c1-24(29(2,27)28)16-21(26)22-14-19-6-3-4-7-20(19)18-10-8-17(9-11-18)15-25-13-5-12-23-25/h3-13H,14-16H2,1-2H3,(H,22,26). The lowest BCUT2D eigenvalue weighted by Crippen LogP contribution is -2.37. The zero-order valence-corrected chi connectivity index (χ0v) is 17.3. The van der Waals surface area contributed by atoms with Gasteiger partial charge < -0.3 is 5.32 Å². The molecule has 0 aliphatic carbocycles. The van der Waals surface area contributed by atoms with Gasteiger partial charge in [-0.1, -0.05) is 48.5 Å². The number of likely N-dealkylation sites (N-methyl/N-ethyl adjacent to an activating group) is 1. The van der Waals surface area contributed by atoms with E-state index in [0.717, 1.165) is 32.8 Å². The first-order valence-electron chi connectivity index (χ1n) is 9.15. The van der Waals surface area contributed by atoms with Crippen LogP contribution in [0.2, 0.25) is 0 Å². The van der Waals surface area contributed by atoms with Crippen LogP contribution in [0.4, 0.5) is 0 Å². The van der Waals surface area contributed by atoms with Crippen molar-refractivity contribution in [1.82, 2.24) is 19.4 Å². The molecule has 0 spiro atoms. The van der Waals surface area contributed by atoms with Crippen LogP contribution in [0.15, 0.2) is 67.0 Å². The molecule has 0 aliphatic heterocycles. The Morgan fingerprint density at radius 3 is 2.48 bits per heavy atom. The zero-order valence-electron chi connectivity index (χ0n) is 16.4. The smallest absolute Gasteiger partial charge is 0.235 e. The highest BCUT2D eigenvalue weighted by Gasteiger charge is 2.15. The van der Waals surface area contributed by atoms with Crippen LogP contribution in [0.3, 0.4) is 0 Å². The molecule has 0 unspecified atom stereocenters.